The second kappa shape index (κ2) is 11.7. The normalized spacial score (nSPS) is 31.9. The molecule has 3 heteroatoms. The summed E-state index contributed by atoms with van der Waals surface area (Å²) in [6.07, 6.45) is 15.2. The third kappa shape index (κ3) is 5.39. The molecule has 2 aliphatic carbocycles. The number of rotatable bonds is 10. The summed E-state index contributed by atoms with van der Waals surface area (Å²) in [6, 6.07) is 6.64. The zero-order valence-electron chi connectivity index (χ0n) is 20.6. The van der Waals surface area contributed by atoms with E-state index in [2.05, 4.69) is 20.8 Å². The quantitative estimate of drug-likeness (QED) is 0.368. The Hall–Kier alpha value is -1.38. The van der Waals surface area contributed by atoms with Gasteiger partial charge in [0.2, 0.25) is 0 Å². The summed E-state index contributed by atoms with van der Waals surface area (Å²) in [6.45, 7) is 6.65. The molecule has 2 nitrogen and oxygen atoms in total. The molecule has 2 unspecified atom stereocenters. The van der Waals surface area contributed by atoms with E-state index in [1.807, 2.05) is 0 Å². The number of hydrogen-bond acceptors (Lipinski definition) is 1. The lowest BCUT2D eigenvalue weighted by Crippen LogP contribution is -2.51. The van der Waals surface area contributed by atoms with Crippen LogP contribution >= 0.6 is 0 Å². The molecule has 0 heterocycles. The van der Waals surface area contributed by atoms with Gasteiger partial charge in [-0.25, -0.2) is 4.39 Å². The van der Waals surface area contributed by atoms with Crippen molar-refractivity contribution in [2.45, 2.75) is 110 Å². The maximum absolute atomic E-state index is 15.0. The topological polar surface area (TPSA) is 37.3 Å². The Morgan fingerprint density at radius 1 is 1.06 bits per heavy atom. The molecule has 0 saturated heterocycles. The van der Waals surface area contributed by atoms with Crippen LogP contribution in [0.1, 0.15) is 110 Å². The van der Waals surface area contributed by atoms with Crippen molar-refractivity contribution in [2.24, 2.45) is 29.6 Å². The second-order valence-corrected chi connectivity index (χ2v) is 10.9. The second-order valence-electron chi connectivity index (χ2n) is 10.9. The number of hydrogen-bond donors (Lipinski definition) is 1. The standard InChI is InChI=1S/C29H45FO2/c1-4-6-7-11-22-14-16-23(17-15-22)24-18-19-29(28(31)32,25-12-8-9-13-27(25)30)26(20-24)21(3)10-5-2/h8-9,12-13,21-24,26H,4-7,10-11,14-20H2,1-3H3,(H,31,32)/t21?,22?,23?,24-,26-,29?/m1/s1. The van der Waals surface area contributed by atoms with Gasteiger partial charge < -0.3 is 5.11 Å². The first-order chi connectivity index (χ1) is 15.4. The van der Waals surface area contributed by atoms with Gasteiger partial charge in [-0.1, -0.05) is 90.3 Å². The number of halogens is 1. The molecule has 32 heavy (non-hydrogen) atoms. The minimum absolute atomic E-state index is 0.00197. The first-order valence-electron chi connectivity index (χ1n) is 13.4. The van der Waals surface area contributed by atoms with Gasteiger partial charge in [-0.3, -0.25) is 4.79 Å². The van der Waals surface area contributed by atoms with Crippen LogP contribution < -0.4 is 0 Å². The average molecular weight is 445 g/mol. The number of aliphatic carboxylic acids is 1. The van der Waals surface area contributed by atoms with Crippen LogP contribution in [0.25, 0.3) is 0 Å². The summed E-state index contributed by atoms with van der Waals surface area (Å²) in [5, 5.41) is 10.5. The lowest BCUT2D eigenvalue weighted by atomic mass is 9.54. The molecule has 3 rings (SSSR count). The molecule has 0 radical (unpaired) electrons. The molecule has 0 aromatic heterocycles. The number of carboxylic acids is 1. The Kier molecular flexibility index (Phi) is 9.20. The summed E-state index contributed by atoms with van der Waals surface area (Å²) in [4.78, 5) is 12.8. The van der Waals surface area contributed by atoms with E-state index in [1.165, 1.54) is 57.4 Å². The molecule has 4 atom stereocenters. The maximum atomic E-state index is 15.0. The fourth-order valence-corrected chi connectivity index (χ4v) is 7.22. The van der Waals surface area contributed by atoms with Crippen molar-refractivity contribution in [1.82, 2.24) is 0 Å². The molecule has 2 fully saturated rings. The van der Waals surface area contributed by atoms with Gasteiger partial charge in [-0.2, -0.15) is 0 Å². The van der Waals surface area contributed by atoms with E-state index >= 15 is 0 Å². The zero-order chi connectivity index (χ0) is 23.1. The zero-order valence-corrected chi connectivity index (χ0v) is 20.6. The molecular formula is C29H45FO2. The minimum Gasteiger partial charge on any atom is -0.481 e. The molecule has 1 aromatic rings. The van der Waals surface area contributed by atoms with Crippen molar-refractivity contribution in [1.29, 1.82) is 0 Å². The molecule has 1 N–H and O–H groups in total. The highest BCUT2D eigenvalue weighted by Crippen LogP contribution is 2.54. The van der Waals surface area contributed by atoms with Gasteiger partial charge in [-0.15, -0.1) is 0 Å². The van der Waals surface area contributed by atoms with Gasteiger partial charge >= 0.3 is 5.97 Å². The van der Waals surface area contributed by atoms with Crippen molar-refractivity contribution in [3.63, 3.8) is 0 Å². The first kappa shape index (κ1) is 25.2. The Morgan fingerprint density at radius 3 is 2.41 bits per heavy atom. The number of unbranched alkanes of at least 4 members (excludes halogenated alkanes) is 2. The lowest BCUT2D eigenvalue weighted by Gasteiger charge is -2.49. The number of carbonyl (C=O) groups is 1. The van der Waals surface area contributed by atoms with Gasteiger partial charge in [0.1, 0.15) is 5.82 Å². The SMILES string of the molecule is CCCCCC1CCC([C@@H]2CCC(C(=O)O)(c3ccccc3F)[C@@H](C(C)CCC)C2)CC1. The van der Waals surface area contributed by atoms with Crippen molar-refractivity contribution >= 4 is 5.97 Å². The number of carboxylic acid groups (broad SMARTS) is 1. The fraction of sp³-hybridized carbons (Fsp3) is 0.759. The van der Waals surface area contributed by atoms with Crippen LogP contribution in [0.2, 0.25) is 0 Å². The van der Waals surface area contributed by atoms with Crippen LogP contribution in [0.15, 0.2) is 24.3 Å². The molecular weight excluding hydrogens is 399 g/mol. The summed E-state index contributed by atoms with van der Waals surface area (Å²) in [5.74, 6) is 1.31. The van der Waals surface area contributed by atoms with E-state index in [4.69, 9.17) is 0 Å². The van der Waals surface area contributed by atoms with Gasteiger partial charge in [0.05, 0.1) is 5.41 Å². The van der Waals surface area contributed by atoms with Crippen molar-refractivity contribution in [2.75, 3.05) is 0 Å². The largest absolute Gasteiger partial charge is 0.481 e. The highest BCUT2D eigenvalue weighted by atomic mass is 19.1. The molecule has 1 aromatic carbocycles. The van der Waals surface area contributed by atoms with Crippen LogP contribution in [0.5, 0.6) is 0 Å². The molecule has 2 aliphatic rings. The Bertz CT molecular complexity index is 724. The van der Waals surface area contributed by atoms with Crippen molar-refractivity contribution in [3.05, 3.63) is 35.6 Å². The van der Waals surface area contributed by atoms with Gasteiger partial charge in [-0.05, 0) is 67.8 Å². The molecule has 0 amide bonds. The lowest BCUT2D eigenvalue weighted by molar-refractivity contribution is -0.151. The highest BCUT2D eigenvalue weighted by molar-refractivity contribution is 5.82. The Labute approximate surface area is 195 Å². The van der Waals surface area contributed by atoms with Gasteiger partial charge in [0.25, 0.3) is 0 Å². The molecule has 0 spiro atoms. The predicted molar refractivity (Wildman–Crippen MR) is 130 cm³/mol. The van der Waals surface area contributed by atoms with Gasteiger partial charge in [0.15, 0.2) is 0 Å². The first-order valence-corrected chi connectivity index (χ1v) is 13.4. The van der Waals surface area contributed by atoms with Crippen molar-refractivity contribution in [3.8, 4) is 0 Å². The Morgan fingerprint density at radius 2 is 1.78 bits per heavy atom. The molecule has 2 saturated carbocycles. The summed E-state index contributed by atoms with van der Waals surface area (Å²) in [7, 11) is 0. The van der Waals surface area contributed by atoms with E-state index in [-0.39, 0.29) is 17.7 Å². The third-order valence-corrected chi connectivity index (χ3v) is 9.04. The average Bonchev–Trinajstić information content (AvgIpc) is 2.80. The summed E-state index contributed by atoms with van der Waals surface area (Å²) >= 11 is 0. The van der Waals surface area contributed by atoms with Crippen LogP contribution in [-0.4, -0.2) is 11.1 Å². The fourth-order valence-electron chi connectivity index (χ4n) is 7.22. The van der Waals surface area contributed by atoms with E-state index < -0.39 is 11.4 Å². The van der Waals surface area contributed by atoms with E-state index in [0.29, 0.717) is 17.9 Å². The van der Waals surface area contributed by atoms with Crippen LogP contribution in [0.4, 0.5) is 4.39 Å². The summed E-state index contributed by atoms with van der Waals surface area (Å²) in [5.41, 5.74) is -0.674. The molecule has 180 valence electrons. The van der Waals surface area contributed by atoms with Gasteiger partial charge in [0, 0.05) is 5.56 Å². The van der Waals surface area contributed by atoms with Crippen LogP contribution in [0.3, 0.4) is 0 Å². The number of benzene rings is 1. The predicted octanol–water partition coefficient (Wildman–Crippen LogP) is 8.39. The van der Waals surface area contributed by atoms with Crippen LogP contribution in [0, 0.1) is 35.4 Å². The third-order valence-electron chi connectivity index (χ3n) is 9.04. The monoisotopic (exact) mass is 444 g/mol. The molecule has 0 bridgehead atoms. The Balaban J connectivity index is 1.78. The maximum Gasteiger partial charge on any atom is 0.314 e. The minimum atomic E-state index is -1.09. The highest BCUT2D eigenvalue weighted by Gasteiger charge is 2.54. The van der Waals surface area contributed by atoms with E-state index in [0.717, 1.165) is 37.5 Å². The van der Waals surface area contributed by atoms with Crippen molar-refractivity contribution < 1.29 is 14.3 Å². The molecule has 0 aliphatic heterocycles. The van der Waals surface area contributed by atoms with E-state index in [1.54, 1.807) is 18.2 Å². The van der Waals surface area contributed by atoms with E-state index in [9.17, 15) is 14.3 Å². The summed E-state index contributed by atoms with van der Waals surface area (Å²) < 4.78 is 15.0. The smallest absolute Gasteiger partial charge is 0.314 e. The van der Waals surface area contributed by atoms with Crippen LogP contribution in [-0.2, 0) is 10.2 Å².